The van der Waals surface area contributed by atoms with E-state index in [1.807, 2.05) is 0 Å². The molecule has 1 aliphatic heterocycles. The Balaban J connectivity index is 0.00000200. The van der Waals surface area contributed by atoms with E-state index in [-0.39, 0.29) is 36.5 Å². The molecule has 1 atom stereocenters. The third-order valence-electron chi connectivity index (χ3n) is 3.45. The van der Waals surface area contributed by atoms with E-state index in [2.05, 4.69) is 0 Å². The second-order valence-corrected chi connectivity index (χ2v) is 4.72. The summed E-state index contributed by atoms with van der Waals surface area (Å²) in [7, 11) is 0. The van der Waals surface area contributed by atoms with Gasteiger partial charge >= 0.3 is 0 Å². The van der Waals surface area contributed by atoms with Crippen LogP contribution in [-0.2, 0) is 11.2 Å². The molecule has 0 radical (unpaired) electrons. The first-order valence-electron chi connectivity index (χ1n) is 6.34. The van der Waals surface area contributed by atoms with Gasteiger partial charge in [0.2, 0.25) is 5.91 Å². The standard InChI is InChI=1S/C13H17N3O3.ClH/c14-9-12-5-2-6-15(12)13(17)8-10-3-1-4-11(7-10)16(18)19;/h1,3-4,7,12H,2,5-6,8-9,14H2;1H. The summed E-state index contributed by atoms with van der Waals surface area (Å²) in [5.74, 6) is -0.00607. The molecule has 1 fully saturated rings. The fourth-order valence-electron chi connectivity index (χ4n) is 2.47. The van der Waals surface area contributed by atoms with Crippen molar-refractivity contribution in [3.8, 4) is 0 Å². The Morgan fingerprint density at radius 2 is 2.25 bits per heavy atom. The second kappa shape index (κ2) is 7.21. The van der Waals surface area contributed by atoms with Gasteiger partial charge in [0.25, 0.3) is 5.69 Å². The van der Waals surface area contributed by atoms with Crippen LogP contribution in [0.15, 0.2) is 24.3 Å². The third kappa shape index (κ3) is 3.68. The van der Waals surface area contributed by atoms with Crippen molar-refractivity contribution in [3.63, 3.8) is 0 Å². The molecule has 1 aromatic carbocycles. The minimum Gasteiger partial charge on any atom is -0.338 e. The highest BCUT2D eigenvalue weighted by molar-refractivity contribution is 5.85. The zero-order valence-electron chi connectivity index (χ0n) is 11.0. The highest BCUT2D eigenvalue weighted by atomic mass is 35.5. The van der Waals surface area contributed by atoms with Crippen molar-refractivity contribution in [1.82, 2.24) is 4.90 Å². The highest BCUT2D eigenvalue weighted by Gasteiger charge is 2.27. The van der Waals surface area contributed by atoms with Gasteiger partial charge in [0, 0.05) is 31.3 Å². The molecule has 1 aliphatic rings. The zero-order valence-corrected chi connectivity index (χ0v) is 11.8. The topological polar surface area (TPSA) is 89.5 Å². The number of benzene rings is 1. The van der Waals surface area contributed by atoms with Crippen LogP contribution in [0.25, 0.3) is 0 Å². The number of hydrogen-bond acceptors (Lipinski definition) is 4. The molecule has 1 amide bonds. The van der Waals surface area contributed by atoms with Gasteiger partial charge in [-0.2, -0.15) is 0 Å². The molecule has 20 heavy (non-hydrogen) atoms. The van der Waals surface area contributed by atoms with Crippen molar-refractivity contribution in [2.75, 3.05) is 13.1 Å². The van der Waals surface area contributed by atoms with Crippen LogP contribution < -0.4 is 5.73 Å². The summed E-state index contributed by atoms with van der Waals surface area (Å²) in [5, 5.41) is 10.7. The van der Waals surface area contributed by atoms with Crippen molar-refractivity contribution in [2.45, 2.75) is 25.3 Å². The first-order valence-corrected chi connectivity index (χ1v) is 6.34. The number of nitrogens with zero attached hydrogens (tertiary/aromatic N) is 2. The van der Waals surface area contributed by atoms with E-state index in [0.717, 1.165) is 19.4 Å². The van der Waals surface area contributed by atoms with E-state index in [9.17, 15) is 14.9 Å². The Labute approximate surface area is 123 Å². The third-order valence-corrected chi connectivity index (χ3v) is 3.45. The fraction of sp³-hybridized carbons (Fsp3) is 0.462. The number of carbonyl (C=O) groups excluding carboxylic acids is 1. The molecular weight excluding hydrogens is 282 g/mol. The Bertz CT molecular complexity index is 496. The fourth-order valence-corrected chi connectivity index (χ4v) is 2.47. The van der Waals surface area contributed by atoms with E-state index in [0.29, 0.717) is 12.1 Å². The number of nitro groups is 1. The Hall–Kier alpha value is -1.66. The van der Waals surface area contributed by atoms with Crippen molar-refractivity contribution < 1.29 is 9.72 Å². The summed E-state index contributed by atoms with van der Waals surface area (Å²) in [6.07, 6.45) is 2.11. The lowest BCUT2D eigenvalue weighted by molar-refractivity contribution is -0.384. The predicted molar refractivity (Wildman–Crippen MR) is 77.8 cm³/mol. The lowest BCUT2D eigenvalue weighted by atomic mass is 10.1. The number of halogens is 1. The van der Waals surface area contributed by atoms with E-state index in [1.54, 1.807) is 17.0 Å². The second-order valence-electron chi connectivity index (χ2n) is 4.72. The summed E-state index contributed by atoms with van der Waals surface area (Å²) in [5.41, 5.74) is 6.32. The van der Waals surface area contributed by atoms with E-state index in [1.165, 1.54) is 12.1 Å². The smallest absolute Gasteiger partial charge is 0.269 e. The number of rotatable bonds is 4. The van der Waals surface area contributed by atoms with Gasteiger partial charge in [0.15, 0.2) is 0 Å². The largest absolute Gasteiger partial charge is 0.338 e. The maximum atomic E-state index is 12.2. The summed E-state index contributed by atoms with van der Waals surface area (Å²) in [4.78, 5) is 24.2. The van der Waals surface area contributed by atoms with Crippen molar-refractivity contribution >= 4 is 24.0 Å². The molecule has 1 saturated heterocycles. The number of non-ortho nitro benzene ring substituents is 1. The summed E-state index contributed by atoms with van der Waals surface area (Å²) < 4.78 is 0. The molecule has 0 aliphatic carbocycles. The van der Waals surface area contributed by atoms with Gasteiger partial charge < -0.3 is 10.6 Å². The molecule has 0 bridgehead atoms. The van der Waals surface area contributed by atoms with Gasteiger partial charge in [-0.15, -0.1) is 12.4 Å². The Morgan fingerprint density at radius 3 is 2.90 bits per heavy atom. The molecule has 2 rings (SSSR count). The van der Waals surface area contributed by atoms with E-state index in [4.69, 9.17) is 5.73 Å². The summed E-state index contributed by atoms with van der Waals surface area (Å²) in [6.45, 7) is 1.20. The molecule has 1 heterocycles. The highest BCUT2D eigenvalue weighted by Crippen LogP contribution is 2.19. The average molecular weight is 300 g/mol. The molecule has 0 spiro atoms. The number of carbonyl (C=O) groups is 1. The lowest BCUT2D eigenvalue weighted by Crippen LogP contribution is -2.40. The molecule has 0 aromatic heterocycles. The normalized spacial score (nSPS) is 17.6. The SMILES string of the molecule is Cl.NCC1CCCN1C(=O)Cc1cccc([N+](=O)[O-])c1. The van der Waals surface area contributed by atoms with E-state index >= 15 is 0 Å². The minimum absolute atomic E-state index is 0. The van der Waals surface area contributed by atoms with E-state index < -0.39 is 4.92 Å². The van der Waals surface area contributed by atoms with Crippen LogP contribution >= 0.6 is 12.4 Å². The van der Waals surface area contributed by atoms with Gasteiger partial charge in [0.05, 0.1) is 11.3 Å². The molecule has 6 nitrogen and oxygen atoms in total. The van der Waals surface area contributed by atoms with Crippen molar-refractivity contribution in [3.05, 3.63) is 39.9 Å². The van der Waals surface area contributed by atoms with Crippen LogP contribution in [0.3, 0.4) is 0 Å². The predicted octanol–water partition coefficient (Wildman–Crippen LogP) is 1.51. The maximum absolute atomic E-state index is 12.2. The Kier molecular flexibility index (Phi) is 5.91. The molecule has 1 unspecified atom stereocenters. The first-order chi connectivity index (χ1) is 9.11. The molecule has 0 saturated carbocycles. The van der Waals surface area contributed by atoms with Gasteiger partial charge in [0.1, 0.15) is 0 Å². The summed E-state index contributed by atoms with van der Waals surface area (Å²) >= 11 is 0. The molecular formula is C13H18ClN3O3. The van der Waals surface area contributed by atoms with Gasteiger partial charge in [-0.1, -0.05) is 12.1 Å². The average Bonchev–Trinajstić information content (AvgIpc) is 2.87. The number of amides is 1. The van der Waals surface area contributed by atoms with Crippen LogP contribution in [0.1, 0.15) is 18.4 Å². The minimum atomic E-state index is -0.452. The quantitative estimate of drug-likeness (QED) is 0.674. The van der Waals surface area contributed by atoms with Gasteiger partial charge in [-0.25, -0.2) is 0 Å². The van der Waals surface area contributed by atoms with Gasteiger partial charge in [-0.3, -0.25) is 14.9 Å². The van der Waals surface area contributed by atoms with Crippen LogP contribution in [0, 0.1) is 10.1 Å². The van der Waals surface area contributed by atoms with Crippen molar-refractivity contribution in [1.29, 1.82) is 0 Å². The lowest BCUT2D eigenvalue weighted by Gasteiger charge is -2.23. The number of nitro benzene ring substituents is 1. The monoisotopic (exact) mass is 299 g/mol. The van der Waals surface area contributed by atoms with Crippen LogP contribution in [-0.4, -0.2) is 34.9 Å². The maximum Gasteiger partial charge on any atom is 0.269 e. The first kappa shape index (κ1) is 16.4. The molecule has 110 valence electrons. The summed E-state index contributed by atoms with van der Waals surface area (Å²) in [6, 6.07) is 6.33. The van der Waals surface area contributed by atoms with Crippen molar-refractivity contribution in [2.24, 2.45) is 5.73 Å². The molecule has 2 N–H and O–H groups in total. The molecule has 7 heteroatoms. The van der Waals surface area contributed by atoms with Crippen LogP contribution in [0.2, 0.25) is 0 Å². The van der Waals surface area contributed by atoms with Gasteiger partial charge in [-0.05, 0) is 18.4 Å². The van der Waals surface area contributed by atoms with Crippen LogP contribution in [0.4, 0.5) is 5.69 Å². The number of likely N-dealkylation sites (tertiary alicyclic amines) is 1. The number of nitrogens with two attached hydrogens (primary N) is 1. The molecule has 1 aromatic rings. The Morgan fingerprint density at radius 1 is 1.50 bits per heavy atom. The number of hydrogen-bond donors (Lipinski definition) is 1. The zero-order chi connectivity index (χ0) is 13.8. The van der Waals surface area contributed by atoms with Crippen LogP contribution in [0.5, 0.6) is 0 Å².